The summed E-state index contributed by atoms with van der Waals surface area (Å²) in [5.41, 5.74) is 7.27. The minimum atomic E-state index is -0.0768. The Morgan fingerprint density at radius 3 is 2.85 bits per heavy atom. The molecule has 3 aromatic rings. The predicted octanol–water partition coefficient (Wildman–Crippen LogP) is 2.36. The molecule has 0 aliphatic carbocycles. The van der Waals surface area contributed by atoms with Crippen LogP contribution < -0.4 is 10.6 Å². The highest BCUT2D eigenvalue weighted by Crippen LogP contribution is 2.21. The number of carbonyl (C=O) groups is 1. The molecule has 0 bridgehead atoms. The number of rotatable bonds is 4. The SMILES string of the molecule is Cc1ncc2c(c1CNC(=O)c1ccc(-c3ccn[nH]3)cc1)CCNC2. The molecule has 6 heteroatoms. The topological polar surface area (TPSA) is 82.7 Å². The van der Waals surface area contributed by atoms with E-state index in [1.54, 1.807) is 6.20 Å². The van der Waals surface area contributed by atoms with Gasteiger partial charge in [-0.05, 0) is 60.3 Å². The summed E-state index contributed by atoms with van der Waals surface area (Å²) >= 11 is 0. The first-order valence-corrected chi connectivity index (χ1v) is 8.77. The number of nitrogens with one attached hydrogen (secondary N) is 3. The van der Waals surface area contributed by atoms with Crippen molar-refractivity contribution in [2.75, 3.05) is 6.54 Å². The van der Waals surface area contributed by atoms with Crippen LogP contribution in [0.4, 0.5) is 0 Å². The van der Waals surface area contributed by atoms with Crippen molar-refractivity contribution in [3.63, 3.8) is 0 Å². The zero-order valence-corrected chi connectivity index (χ0v) is 14.7. The fraction of sp³-hybridized carbons (Fsp3) is 0.250. The van der Waals surface area contributed by atoms with Crippen molar-refractivity contribution in [3.8, 4) is 11.3 Å². The highest BCUT2D eigenvalue weighted by molar-refractivity contribution is 5.94. The quantitative estimate of drug-likeness (QED) is 0.677. The lowest BCUT2D eigenvalue weighted by Gasteiger charge is -2.21. The van der Waals surface area contributed by atoms with E-state index < -0.39 is 0 Å². The number of pyridine rings is 1. The second kappa shape index (κ2) is 7.09. The Balaban J connectivity index is 1.48. The van der Waals surface area contributed by atoms with E-state index in [0.717, 1.165) is 42.0 Å². The van der Waals surface area contributed by atoms with Gasteiger partial charge in [-0.2, -0.15) is 5.10 Å². The molecule has 0 radical (unpaired) electrons. The summed E-state index contributed by atoms with van der Waals surface area (Å²) in [6.07, 6.45) is 4.63. The maximum atomic E-state index is 12.5. The molecule has 6 nitrogen and oxygen atoms in total. The molecule has 2 aromatic heterocycles. The van der Waals surface area contributed by atoms with Crippen LogP contribution in [0.2, 0.25) is 0 Å². The van der Waals surface area contributed by atoms with Gasteiger partial charge in [0.1, 0.15) is 0 Å². The first-order chi connectivity index (χ1) is 12.7. The summed E-state index contributed by atoms with van der Waals surface area (Å²) in [7, 11) is 0. The van der Waals surface area contributed by atoms with Gasteiger partial charge in [0.15, 0.2) is 0 Å². The lowest BCUT2D eigenvalue weighted by Crippen LogP contribution is -2.28. The van der Waals surface area contributed by atoms with Gasteiger partial charge in [-0.25, -0.2) is 0 Å². The molecule has 1 aromatic carbocycles. The van der Waals surface area contributed by atoms with E-state index in [4.69, 9.17) is 0 Å². The van der Waals surface area contributed by atoms with Crippen LogP contribution in [0, 0.1) is 6.92 Å². The third kappa shape index (κ3) is 3.23. The van der Waals surface area contributed by atoms with Crippen LogP contribution in [0.1, 0.15) is 32.7 Å². The smallest absolute Gasteiger partial charge is 0.251 e. The Morgan fingerprint density at radius 2 is 2.08 bits per heavy atom. The molecule has 4 rings (SSSR count). The van der Waals surface area contributed by atoms with Crippen LogP contribution in [0.5, 0.6) is 0 Å². The molecule has 0 atom stereocenters. The maximum Gasteiger partial charge on any atom is 0.251 e. The number of carbonyl (C=O) groups excluding carboxylic acids is 1. The van der Waals surface area contributed by atoms with Crippen molar-refractivity contribution in [1.82, 2.24) is 25.8 Å². The van der Waals surface area contributed by atoms with E-state index in [2.05, 4.69) is 25.8 Å². The molecule has 1 amide bonds. The molecule has 3 heterocycles. The van der Waals surface area contributed by atoms with Crippen molar-refractivity contribution in [3.05, 3.63) is 70.7 Å². The van der Waals surface area contributed by atoms with Crippen molar-refractivity contribution < 1.29 is 4.79 Å². The number of H-pyrrole nitrogens is 1. The third-order valence-electron chi connectivity index (χ3n) is 4.85. The summed E-state index contributed by atoms with van der Waals surface area (Å²) in [6, 6.07) is 9.41. The number of amides is 1. The van der Waals surface area contributed by atoms with Crippen LogP contribution in [-0.2, 0) is 19.5 Å². The van der Waals surface area contributed by atoms with Gasteiger partial charge < -0.3 is 10.6 Å². The molecule has 3 N–H and O–H groups in total. The summed E-state index contributed by atoms with van der Waals surface area (Å²) in [4.78, 5) is 17.0. The van der Waals surface area contributed by atoms with Gasteiger partial charge in [0.2, 0.25) is 0 Å². The van der Waals surface area contributed by atoms with Crippen LogP contribution >= 0.6 is 0 Å². The largest absolute Gasteiger partial charge is 0.348 e. The molecular formula is C20H21N5O. The van der Waals surface area contributed by atoms with Crippen LogP contribution in [-0.4, -0.2) is 27.6 Å². The number of nitrogens with zero attached hydrogens (tertiary/aromatic N) is 2. The maximum absolute atomic E-state index is 12.5. The molecule has 132 valence electrons. The summed E-state index contributed by atoms with van der Waals surface area (Å²) in [5.74, 6) is -0.0768. The van der Waals surface area contributed by atoms with Crippen molar-refractivity contribution in [2.24, 2.45) is 0 Å². The summed E-state index contributed by atoms with van der Waals surface area (Å²) < 4.78 is 0. The molecule has 0 saturated heterocycles. The predicted molar refractivity (Wildman–Crippen MR) is 99.6 cm³/mol. The second-order valence-electron chi connectivity index (χ2n) is 6.48. The summed E-state index contributed by atoms with van der Waals surface area (Å²) in [6.45, 7) is 4.32. The van der Waals surface area contributed by atoms with Crippen LogP contribution in [0.3, 0.4) is 0 Å². The van der Waals surface area contributed by atoms with Gasteiger partial charge in [-0.15, -0.1) is 0 Å². The minimum absolute atomic E-state index is 0.0768. The van der Waals surface area contributed by atoms with E-state index in [1.807, 2.05) is 43.5 Å². The highest BCUT2D eigenvalue weighted by atomic mass is 16.1. The average molecular weight is 347 g/mol. The monoisotopic (exact) mass is 347 g/mol. The van der Waals surface area contributed by atoms with E-state index in [-0.39, 0.29) is 5.91 Å². The number of aryl methyl sites for hydroxylation is 1. The number of fused-ring (bicyclic) bond motifs is 1. The van der Waals surface area contributed by atoms with E-state index in [9.17, 15) is 4.79 Å². The van der Waals surface area contributed by atoms with Gasteiger partial charge in [-0.1, -0.05) is 12.1 Å². The highest BCUT2D eigenvalue weighted by Gasteiger charge is 2.16. The van der Waals surface area contributed by atoms with Crippen LogP contribution in [0.25, 0.3) is 11.3 Å². The summed E-state index contributed by atoms with van der Waals surface area (Å²) in [5, 5.41) is 13.3. The van der Waals surface area contributed by atoms with Gasteiger partial charge in [-0.3, -0.25) is 14.9 Å². The Hall–Kier alpha value is -2.99. The van der Waals surface area contributed by atoms with Crippen molar-refractivity contribution in [2.45, 2.75) is 26.4 Å². The molecule has 0 unspecified atom stereocenters. The number of benzene rings is 1. The number of aromatic amines is 1. The zero-order chi connectivity index (χ0) is 17.9. The average Bonchev–Trinajstić information content (AvgIpc) is 3.22. The Labute approximate surface area is 152 Å². The standard InChI is InChI=1S/C20H21N5O/c1-13-18(17-6-8-21-10-16(17)11-22-13)12-23-20(26)15-4-2-14(3-5-15)19-7-9-24-25-19/h2-5,7,9,11,21H,6,8,10,12H2,1H3,(H,23,26)(H,24,25). The van der Waals surface area contributed by atoms with Crippen molar-refractivity contribution >= 4 is 5.91 Å². The van der Waals surface area contributed by atoms with Gasteiger partial charge in [0.25, 0.3) is 5.91 Å². The number of hydrogen-bond donors (Lipinski definition) is 3. The van der Waals surface area contributed by atoms with E-state index in [0.29, 0.717) is 12.1 Å². The van der Waals surface area contributed by atoms with Crippen LogP contribution in [0.15, 0.2) is 42.7 Å². The molecular weight excluding hydrogens is 326 g/mol. The lowest BCUT2D eigenvalue weighted by molar-refractivity contribution is 0.0950. The molecule has 0 spiro atoms. The fourth-order valence-electron chi connectivity index (χ4n) is 3.37. The molecule has 26 heavy (non-hydrogen) atoms. The Morgan fingerprint density at radius 1 is 1.23 bits per heavy atom. The number of hydrogen-bond acceptors (Lipinski definition) is 4. The molecule has 0 fully saturated rings. The second-order valence-corrected chi connectivity index (χ2v) is 6.48. The lowest BCUT2D eigenvalue weighted by atomic mass is 9.96. The fourth-order valence-corrected chi connectivity index (χ4v) is 3.37. The van der Waals surface area contributed by atoms with Gasteiger partial charge in [0, 0.05) is 36.7 Å². The minimum Gasteiger partial charge on any atom is -0.348 e. The van der Waals surface area contributed by atoms with E-state index in [1.165, 1.54) is 11.1 Å². The molecule has 1 aliphatic heterocycles. The number of aromatic nitrogens is 3. The first-order valence-electron chi connectivity index (χ1n) is 8.77. The van der Waals surface area contributed by atoms with E-state index >= 15 is 0 Å². The molecule has 0 saturated carbocycles. The normalized spacial score (nSPS) is 13.3. The van der Waals surface area contributed by atoms with Gasteiger partial charge in [0.05, 0.1) is 5.69 Å². The van der Waals surface area contributed by atoms with Crippen molar-refractivity contribution in [1.29, 1.82) is 0 Å². The molecule has 1 aliphatic rings. The zero-order valence-electron chi connectivity index (χ0n) is 14.7. The third-order valence-corrected chi connectivity index (χ3v) is 4.85. The van der Waals surface area contributed by atoms with Gasteiger partial charge >= 0.3 is 0 Å². The first kappa shape index (κ1) is 16.5. The Kier molecular flexibility index (Phi) is 4.50. The Bertz CT molecular complexity index is 916.